The zero-order chi connectivity index (χ0) is 18.8. The van der Waals surface area contributed by atoms with Crippen LogP contribution in [0.2, 0.25) is 0 Å². The van der Waals surface area contributed by atoms with Gasteiger partial charge in [-0.1, -0.05) is 0 Å². The Labute approximate surface area is 180 Å². The van der Waals surface area contributed by atoms with Crippen LogP contribution in [0, 0.1) is 0 Å². The van der Waals surface area contributed by atoms with Crippen LogP contribution in [0.4, 0.5) is 5.95 Å². The molecule has 0 aromatic carbocycles. The first-order valence-corrected chi connectivity index (χ1v) is 9.28. The number of hydrogen-bond donors (Lipinski definition) is 2. The quantitative estimate of drug-likeness (QED) is 0.245. The number of aliphatic imine (C=N–C) groups is 1. The van der Waals surface area contributed by atoms with Crippen LogP contribution in [0.15, 0.2) is 23.5 Å². The number of nitrogens with zero attached hydrogens (tertiary/aromatic N) is 5. The molecule has 0 amide bonds. The number of guanidine groups is 1. The molecule has 154 valence electrons. The van der Waals surface area contributed by atoms with E-state index in [-0.39, 0.29) is 29.6 Å². The zero-order valence-electron chi connectivity index (χ0n) is 16.9. The first-order valence-electron chi connectivity index (χ1n) is 9.28. The Hall–Kier alpha value is -1.20. The predicted octanol–water partition coefficient (Wildman–Crippen LogP) is 1.20. The topological polar surface area (TPSA) is 77.9 Å². The second-order valence-electron chi connectivity index (χ2n) is 7.05. The number of nitrogens with one attached hydrogen (secondary N) is 2. The standard InChI is InChI=1S/C18H33N7O.HI/c1-18(2,26-4)15-23-16(19-3)20-9-6-10-24-11-13-25(14-12-24)17-21-7-5-8-22-17;/h5,7-8H,6,9-15H2,1-4H3,(H2,19,20,23);1H. The minimum absolute atomic E-state index is 0. The Bertz CT molecular complexity index is 548. The van der Waals surface area contributed by atoms with Crippen molar-refractivity contribution in [2.45, 2.75) is 25.9 Å². The summed E-state index contributed by atoms with van der Waals surface area (Å²) in [4.78, 5) is 17.7. The molecule has 1 saturated heterocycles. The van der Waals surface area contributed by atoms with E-state index in [1.165, 1.54) is 0 Å². The Morgan fingerprint density at radius 3 is 2.44 bits per heavy atom. The molecule has 2 N–H and O–H groups in total. The molecule has 2 heterocycles. The lowest BCUT2D eigenvalue weighted by atomic mass is 10.1. The van der Waals surface area contributed by atoms with Gasteiger partial charge in [0.25, 0.3) is 0 Å². The maximum absolute atomic E-state index is 5.41. The third-order valence-electron chi connectivity index (χ3n) is 4.61. The van der Waals surface area contributed by atoms with Crippen molar-refractivity contribution in [1.29, 1.82) is 0 Å². The van der Waals surface area contributed by atoms with Gasteiger partial charge in [0.1, 0.15) is 0 Å². The molecule has 0 aliphatic carbocycles. The summed E-state index contributed by atoms with van der Waals surface area (Å²) in [5.41, 5.74) is -0.209. The van der Waals surface area contributed by atoms with Crippen LogP contribution in [-0.4, -0.2) is 86.4 Å². The Kier molecular flexibility index (Phi) is 10.9. The molecule has 27 heavy (non-hydrogen) atoms. The lowest BCUT2D eigenvalue weighted by Gasteiger charge is -2.34. The van der Waals surface area contributed by atoms with Crippen LogP contribution in [0.5, 0.6) is 0 Å². The van der Waals surface area contributed by atoms with Gasteiger partial charge in [-0.15, -0.1) is 24.0 Å². The van der Waals surface area contributed by atoms with Crippen molar-refractivity contribution >= 4 is 35.9 Å². The van der Waals surface area contributed by atoms with Gasteiger partial charge in [0.2, 0.25) is 5.95 Å². The molecule has 0 atom stereocenters. The molecule has 1 fully saturated rings. The number of aromatic nitrogens is 2. The largest absolute Gasteiger partial charge is 0.377 e. The van der Waals surface area contributed by atoms with Crippen molar-refractivity contribution in [3.05, 3.63) is 18.5 Å². The number of rotatable bonds is 8. The molecule has 0 radical (unpaired) electrons. The number of hydrogen-bond acceptors (Lipinski definition) is 6. The van der Waals surface area contributed by atoms with E-state index in [1.54, 1.807) is 26.6 Å². The van der Waals surface area contributed by atoms with Gasteiger partial charge in [-0.3, -0.25) is 9.89 Å². The van der Waals surface area contributed by atoms with E-state index in [0.717, 1.165) is 57.6 Å². The molecule has 0 bridgehead atoms. The van der Waals surface area contributed by atoms with Crippen LogP contribution in [0.25, 0.3) is 0 Å². The number of ether oxygens (including phenoxy) is 1. The number of anilines is 1. The fourth-order valence-corrected chi connectivity index (χ4v) is 2.72. The van der Waals surface area contributed by atoms with Gasteiger partial charge in [-0.25, -0.2) is 9.97 Å². The van der Waals surface area contributed by atoms with E-state index in [0.29, 0.717) is 6.54 Å². The first kappa shape index (κ1) is 23.8. The molecule has 0 saturated carbocycles. The van der Waals surface area contributed by atoms with E-state index in [2.05, 4.69) is 35.4 Å². The molecule has 1 aliphatic rings. The van der Waals surface area contributed by atoms with Crippen LogP contribution < -0.4 is 15.5 Å². The highest BCUT2D eigenvalue weighted by atomic mass is 127. The summed E-state index contributed by atoms with van der Waals surface area (Å²) in [6.07, 6.45) is 4.68. The van der Waals surface area contributed by atoms with Gasteiger partial charge >= 0.3 is 0 Å². The number of methoxy groups -OCH3 is 1. The van der Waals surface area contributed by atoms with Crippen molar-refractivity contribution in [3.8, 4) is 0 Å². The highest BCUT2D eigenvalue weighted by Crippen LogP contribution is 2.09. The second-order valence-corrected chi connectivity index (χ2v) is 7.05. The van der Waals surface area contributed by atoms with Gasteiger partial charge in [-0.05, 0) is 32.9 Å². The summed E-state index contributed by atoms with van der Waals surface area (Å²) in [5.74, 6) is 1.66. The zero-order valence-corrected chi connectivity index (χ0v) is 19.3. The molecular formula is C18H34IN7O. The Balaban J connectivity index is 0.00000364. The van der Waals surface area contributed by atoms with Crippen LogP contribution in [0.1, 0.15) is 20.3 Å². The Morgan fingerprint density at radius 1 is 1.19 bits per heavy atom. The van der Waals surface area contributed by atoms with Gasteiger partial charge in [-0.2, -0.15) is 0 Å². The van der Waals surface area contributed by atoms with Crippen molar-refractivity contribution in [1.82, 2.24) is 25.5 Å². The van der Waals surface area contributed by atoms with Gasteiger partial charge < -0.3 is 20.3 Å². The normalized spacial score (nSPS) is 16.0. The van der Waals surface area contributed by atoms with Crippen LogP contribution in [0.3, 0.4) is 0 Å². The average molecular weight is 491 g/mol. The Morgan fingerprint density at radius 2 is 1.85 bits per heavy atom. The van der Waals surface area contributed by atoms with E-state index >= 15 is 0 Å². The maximum Gasteiger partial charge on any atom is 0.225 e. The molecule has 1 aromatic heterocycles. The second kappa shape index (κ2) is 12.3. The van der Waals surface area contributed by atoms with Crippen molar-refractivity contribution < 1.29 is 4.74 Å². The molecular weight excluding hydrogens is 457 g/mol. The van der Waals surface area contributed by atoms with E-state index < -0.39 is 0 Å². The van der Waals surface area contributed by atoms with Crippen molar-refractivity contribution in [2.24, 2.45) is 4.99 Å². The number of halogens is 1. The van der Waals surface area contributed by atoms with Crippen molar-refractivity contribution in [2.75, 3.05) is 64.9 Å². The van der Waals surface area contributed by atoms with Crippen LogP contribution >= 0.6 is 24.0 Å². The van der Waals surface area contributed by atoms with Gasteiger partial charge in [0.15, 0.2) is 5.96 Å². The first-order chi connectivity index (χ1) is 12.5. The summed E-state index contributed by atoms with van der Waals surface area (Å²) in [7, 11) is 3.52. The third kappa shape index (κ3) is 8.56. The molecule has 1 aromatic rings. The van der Waals surface area contributed by atoms with Crippen LogP contribution in [-0.2, 0) is 4.74 Å². The van der Waals surface area contributed by atoms with Crippen molar-refractivity contribution in [3.63, 3.8) is 0 Å². The monoisotopic (exact) mass is 491 g/mol. The fourth-order valence-electron chi connectivity index (χ4n) is 2.72. The van der Waals surface area contributed by atoms with Gasteiger partial charge in [0, 0.05) is 65.8 Å². The maximum atomic E-state index is 5.41. The minimum Gasteiger partial charge on any atom is -0.377 e. The molecule has 0 spiro atoms. The molecule has 1 aliphatic heterocycles. The average Bonchev–Trinajstić information content (AvgIpc) is 2.68. The lowest BCUT2D eigenvalue weighted by Crippen LogP contribution is -2.48. The SMILES string of the molecule is CN=C(NCCCN1CCN(c2ncccn2)CC1)NCC(C)(C)OC.I. The molecule has 9 heteroatoms. The van der Waals surface area contributed by atoms with E-state index in [9.17, 15) is 0 Å². The fraction of sp³-hybridized carbons (Fsp3) is 0.722. The number of piperazine rings is 1. The molecule has 8 nitrogen and oxygen atoms in total. The highest BCUT2D eigenvalue weighted by molar-refractivity contribution is 14.0. The summed E-state index contributed by atoms with van der Waals surface area (Å²) >= 11 is 0. The van der Waals surface area contributed by atoms with Gasteiger partial charge in [0.05, 0.1) is 5.60 Å². The van der Waals surface area contributed by atoms with E-state index in [4.69, 9.17) is 4.74 Å². The minimum atomic E-state index is -0.209. The summed E-state index contributed by atoms with van der Waals surface area (Å²) < 4.78 is 5.41. The summed E-state index contributed by atoms with van der Waals surface area (Å²) in [5, 5.41) is 6.67. The summed E-state index contributed by atoms with van der Waals surface area (Å²) in [6, 6.07) is 1.85. The highest BCUT2D eigenvalue weighted by Gasteiger charge is 2.18. The summed E-state index contributed by atoms with van der Waals surface area (Å²) in [6.45, 7) is 10.8. The molecule has 0 unspecified atom stereocenters. The lowest BCUT2D eigenvalue weighted by molar-refractivity contribution is 0.0268. The third-order valence-corrected chi connectivity index (χ3v) is 4.61. The smallest absolute Gasteiger partial charge is 0.225 e. The van der Waals surface area contributed by atoms with E-state index in [1.807, 2.05) is 19.9 Å². The molecule has 2 rings (SSSR count). The predicted molar refractivity (Wildman–Crippen MR) is 121 cm³/mol.